The highest BCUT2D eigenvalue weighted by molar-refractivity contribution is 7.99. The lowest BCUT2D eigenvalue weighted by Crippen LogP contribution is -2.13. The fourth-order valence-corrected chi connectivity index (χ4v) is 4.15. The first-order valence-corrected chi connectivity index (χ1v) is 11.5. The number of anilines is 3. The zero-order chi connectivity index (χ0) is 25.3. The van der Waals surface area contributed by atoms with Gasteiger partial charge < -0.3 is 10.6 Å². The van der Waals surface area contributed by atoms with Crippen LogP contribution in [0.2, 0.25) is 0 Å². The van der Waals surface area contributed by atoms with E-state index in [0.29, 0.717) is 22.5 Å². The van der Waals surface area contributed by atoms with E-state index in [0.717, 1.165) is 28.2 Å². The number of aryl methyl sites for hydroxylation is 1. The number of aromatic nitrogens is 5. The number of rotatable bonds is 6. The maximum atomic E-state index is 12.9. The molecule has 0 radical (unpaired) electrons. The molecule has 1 amide bonds. The van der Waals surface area contributed by atoms with Crippen molar-refractivity contribution in [3.63, 3.8) is 0 Å². The fourth-order valence-electron chi connectivity index (χ4n) is 3.40. The van der Waals surface area contributed by atoms with Crippen LogP contribution in [0.5, 0.6) is 0 Å². The lowest BCUT2D eigenvalue weighted by molar-refractivity contribution is -0.137. The van der Waals surface area contributed by atoms with Crippen LogP contribution in [0.15, 0.2) is 83.0 Å². The van der Waals surface area contributed by atoms with Crippen LogP contribution in [-0.2, 0) is 6.18 Å². The maximum Gasteiger partial charge on any atom is 0.416 e. The second kappa shape index (κ2) is 9.38. The van der Waals surface area contributed by atoms with Gasteiger partial charge in [0.1, 0.15) is 5.52 Å². The molecule has 0 spiro atoms. The fraction of sp³-hybridized carbons (Fsp3) is 0.0833. The van der Waals surface area contributed by atoms with Crippen molar-refractivity contribution in [2.45, 2.75) is 23.2 Å². The highest BCUT2D eigenvalue weighted by Gasteiger charge is 2.30. The highest BCUT2D eigenvalue weighted by Crippen LogP contribution is 2.31. The van der Waals surface area contributed by atoms with E-state index >= 15 is 0 Å². The van der Waals surface area contributed by atoms with Gasteiger partial charge >= 0.3 is 6.18 Å². The summed E-state index contributed by atoms with van der Waals surface area (Å²) in [4.78, 5) is 17.9. The van der Waals surface area contributed by atoms with Crippen molar-refractivity contribution in [1.82, 2.24) is 24.8 Å². The van der Waals surface area contributed by atoms with Gasteiger partial charge in [0.2, 0.25) is 5.16 Å². The van der Waals surface area contributed by atoms with Gasteiger partial charge in [0.15, 0.2) is 11.6 Å². The summed E-state index contributed by atoms with van der Waals surface area (Å²) in [6.45, 7) is 1.90. The van der Waals surface area contributed by atoms with Crippen molar-refractivity contribution in [3.8, 4) is 0 Å². The molecule has 0 aliphatic heterocycles. The molecule has 3 N–H and O–H groups in total. The molecule has 0 saturated heterocycles. The molecule has 5 rings (SSSR count). The van der Waals surface area contributed by atoms with Crippen LogP contribution in [0.4, 0.5) is 30.5 Å². The van der Waals surface area contributed by atoms with E-state index in [-0.39, 0.29) is 5.56 Å². The van der Waals surface area contributed by atoms with Crippen molar-refractivity contribution in [2.24, 2.45) is 0 Å². The molecule has 0 aliphatic carbocycles. The van der Waals surface area contributed by atoms with Crippen molar-refractivity contribution in [2.75, 3.05) is 10.6 Å². The normalized spacial score (nSPS) is 11.6. The zero-order valence-electron chi connectivity index (χ0n) is 18.7. The Balaban J connectivity index is 1.30. The number of H-pyrrole nitrogens is 1. The molecule has 0 atom stereocenters. The van der Waals surface area contributed by atoms with E-state index in [2.05, 4.69) is 30.9 Å². The molecular weight excluding hydrogens is 491 g/mol. The summed E-state index contributed by atoms with van der Waals surface area (Å²) < 4.78 is 40.5. The first-order valence-electron chi connectivity index (χ1n) is 10.7. The SMILES string of the molecule is Cc1cc(Nc2nc(Sc3ccc(NC(=O)c4cccc(C(F)(F)F)c4)cc3)nn3cccc23)n[nH]1. The average molecular weight is 510 g/mol. The summed E-state index contributed by atoms with van der Waals surface area (Å²) in [5.41, 5.74) is 1.18. The smallest absolute Gasteiger partial charge is 0.322 e. The molecule has 8 nitrogen and oxygen atoms in total. The van der Waals surface area contributed by atoms with Crippen LogP contribution >= 0.6 is 11.8 Å². The van der Waals surface area contributed by atoms with Gasteiger partial charge in [-0.25, -0.2) is 9.50 Å². The number of hydrogen-bond acceptors (Lipinski definition) is 6. The molecule has 36 heavy (non-hydrogen) atoms. The molecule has 0 fully saturated rings. The number of benzene rings is 2. The minimum absolute atomic E-state index is 0.0798. The Kier molecular flexibility index (Phi) is 6.10. The first kappa shape index (κ1) is 23.4. The van der Waals surface area contributed by atoms with Crippen LogP contribution in [0, 0.1) is 6.92 Å². The molecule has 5 aromatic rings. The van der Waals surface area contributed by atoms with Gasteiger partial charge in [-0.1, -0.05) is 6.07 Å². The maximum absolute atomic E-state index is 12.9. The summed E-state index contributed by atoms with van der Waals surface area (Å²) >= 11 is 1.32. The number of aromatic amines is 1. The lowest BCUT2D eigenvalue weighted by Gasteiger charge is -2.10. The molecule has 0 bridgehead atoms. The number of nitrogens with zero attached hydrogens (tertiary/aromatic N) is 4. The molecule has 182 valence electrons. The summed E-state index contributed by atoms with van der Waals surface area (Å²) in [5.74, 6) is 0.590. The topological polar surface area (TPSA) is 100 Å². The molecule has 0 unspecified atom stereocenters. The minimum atomic E-state index is -4.52. The standard InChI is InChI=1S/C24H18F3N7OS/c1-14-12-20(32-31-14)29-21-19-6-3-11-34(19)33-23(30-21)36-18-9-7-17(8-10-18)28-22(35)15-4-2-5-16(13-15)24(25,26)27/h2-13H,1H3,(H,28,35)(H2,29,30,31,32,33). The monoisotopic (exact) mass is 509 g/mol. The number of amides is 1. The van der Waals surface area contributed by atoms with Crippen LogP contribution in [0.3, 0.4) is 0 Å². The largest absolute Gasteiger partial charge is 0.416 e. The van der Waals surface area contributed by atoms with Crippen molar-refractivity contribution in [1.29, 1.82) is 0 Å². The summed E-state index contributed by atoms with van der Waals surface area (Å²) in [7, 11) is 0. The third-order valence-corrected chi connectivity index (χ3v) is 5.96. The van der Waals surface area contributed by atoms with E-state index < -0.39 is 17.6 Å². The van der Waals surface area contributed by atoms with Gasteiger partial charge in [0.05, 0.1) is 5.56 Å². The van der Waals surface area contributed by atoms with Gasteiger partial charge in [-0.15, -0.1) is 5.10 Å². The number of hydrogen-bond donors (Lipinski definition) is 3. The van der Waals surface area contributed by atoms with E-state index in [4.69, 9.17) is 0 Å². The molecule has 3 aromatic heterocycles. The quantitative estimate of drug-likeness (QED) is 0.263. The van der Waals surface area contributed by atoms with Crippen molar-refractivity contribution in [3.05, 3.63) is 89.7 Å². The Hall–Kier alpha value is -4.32. The number of alkyl halides is 3. The third-order valence-electron chi connectivity index (χ3n) is 5.10. The average Bonchev–Trinajstić information content (AvgIpc) is 3.48. The van der Waals surface area contributed by atoms with E-state index in [1.54, 1.807) is 28.8 Å². The number of fused-ring (bicyclic) bond motifs is 1. The molecule has 3 heterocycles. The van der Waals surface area contributed by atoms with E-state index in [9.17, 15) is 18.0 Å². The minimum Gasteiger partial charge on any atom is -0.322 e. The van der Waals surface area contributed by atoms with Gasteiger partial charge in [-0.05, 0) is 73.3 Å². The van der Waals surface area contributed by atoms with Crippen LogP contribution < -0.4 is 10.6 Å². The molecular formula is C24H18F3N7OS. The van der Waals surface area contributed by atoms with Gasteiger partial charge in [0, 0.05) is 34.1 Å². The van der Waals surface area contributed by atoms with Crippen LogP contribution in [-0.4, -0.2) is 30.7 Å². The Morgan fingerprint density at radius 1 is 1.06 bits per heavy atom. The van der Waals surface area contributed by atoms with Gasteiger partial charge in [-0.2, -0.15) is 18.3 Å². The Labute approximate surface area is 207 Å². The predicted molar refractivity (Wildman–Crippen MR) is 130 cm³/mol. The predicted octanol–water partition coefficient (Wildman–Crippen LogP) is 5.93. The number of nitrogens with one attached hydrogen (secondary N) is 3. The molecule has 0 aliphatic rings. The summed E-state index contributed by atoms with van der Waals surface area (Å²) in [6.07, 6.45) is -2.71. The Morgan fingerprint density at radius 2 is 1.86 bits per heavy atom. The van der Waals surface area contributed by atoms with E-state index in [1.165, 1.54) is 23.9 Å². The highest BCUT2D eigenvalue weighted by atomic mass is 32.2. The van der Waals surface area contributed by atoms with Crippen LogP contribution in [0.1, 0.15) is 21.6 Å². The first-order chi connectivity index (χ1) is 17.2. The second-order valence-corrected chi connectivity index (χ2v) is 8.84. The molecule has 0 saturated carbocycles. The third kappa shape index (κ3) is 5.18. The summed E-state index contributed by atoms with van der Waals surface area (Å²) in [5, 5.41) is 17.9. The Bertz CT molecular complexity index is 1540. The van der Waals surface area contributed by atoms with Crippen molar-refractivity contribution >= 4 is 40.5 Å². The number of carbonyl (C=O) groups is 1. The zero-order valence-corrected chi connectivity index (χ0v) is 19.5. The number of carbonyl (C=O) groups excluding carboxylic acids is 1. The molecule has 12 heteroatoms. The lowest BCUT2D eigenvalue weighted by atomic mass is 10.1. The summed E-state index contributed by atoms with van der Waals surface area (Å²) in [6, 6.07) is 16.7. The molecule has 2 aromatic carbocycles. The van der Waals surface area contributed by atoms with Crippen molar-refractivity contribution < 1.29 is 18.0 Å². The van der Waals surface area contributed by atoms with Gasteiger partial charge in [0.25, 0.3) is 5.91 Å². The second-order valence-electron chi connectivity index (χ2n) is 7.80. The van der Waals surface area contributed by atoms with Gasteiger partial charge in [-0.3, -0.25) is 9.89 Å². The van der Waals surface area contributed by atoms with Crippen LogP contribution in [0.25, 0.3) is 5.52 Å². The number of halogens is 3. The van der Waals surface area contributed by atoms with E-state index in [1.807, 2.05) is 31.3 Å². The Morgan fingerprint density at radius 3 is 2.58 bits per heavy atom.